The number of nitrogens with one attached hydrogen (secondary N) is 1. The highest BCUT2D eigenvalue weighted by Crippen LogP contribution is 2.24. The normalized spacial score (nSPS) is 13.1. The minimum absolute atomic E-state index is 0.307. The molecular formula is C15H21ClN2. The molecule has 0 saturated heterocycles. The second-order valence-corrected chi connectivity index (χ2v) is 6.22. The van der Waals surface area contributed by atoms with Crippen molar-refractivity contribution in [1.29, 1.82) is 5.26 Å². The van der Waals surface area contributed by atoms with E-state index in [4.69, 9.17) is 16.9 Å². The number of nitrogens with zero attached hydrogens (tertiary/aromatic N) is 1. The summed E-state index contributed by atoms with van der Waals surface area (Å²) in [5.41, 5.74) is 1.95. The Kier molecular flexibility index (Phi) is 5.19. The lowest BCUT2D eigenvalue weighted by Gasteiger charge is -2.27. The van der Waals surface area contributed by atoms with Gasteiger partial charge in [-0.2, -0.15) is 5.26 Å². The van der Waals surface area contributed by atoms with E-state index in [-0.39, 0.29) is 0 Å². The van der Waals surface area contributed by atoms with Crippen LogP contribution in [0.1, 0.15) is 38.8 Å². The van der Waals surface area contributed by atoms with E-state index in [1.54, 1.807) is 12.1 Å². The highest BCUT2D eigenvalue weighted by Gasteiger charge is 2.19. The number of nitriles is 1. The molecule has 3 heteroatoms. The standard InChI is InChI=1S/C15H21ClN2/c1-11(15(2,3)4)9-18-10-13-6-5-12(8-17)7-14(13)16/h5-7,11,18H,9-10H2,1-4H3. The molecule has 1 unspecified atom stereocenters. The summed E-state index contributed by atoms with van der Waals surface area (Å²) < 4.78 is 0. The molecule has 0 aliphatic rings. The quantitative estimate of drug-likeness (QED) is 0.893. The number of halogens is 1. The van der Waals surface area contributed by atoms with Crippen LogP contribution < -0.4 is 5.32 Å². The van der Waals surface area contributed by atoms with Crippen molar-refractivity contribution in [3.05, 3.63) is 34.3 Å². The van der Waals surface area contributed by atoms with Crippen molar-refractivity contribution >= 4 is 11.6 Å². The molecule has 1 atom stereocenters. The summed E-state index contributed by atoms with van der Waals surface area (Å²) in [6.07, 6.45) is 0. The number of benzene rings is 1. The van der Waals surface area contributed by atoms with Crippen LogP contribution >= 0.6 is 11.6 Å². The van der Waals surface area contributed by atoms with Gasteiger partial charge in [-0.05, 0) is 35.6 Å². The van der Waals surface area contributed by atoms with Crippen molar-refractivity contribution in [3.8, 4) is 6.07 Å². The molecule has 98 valence electrons. The van der Waals surface area contributed by atoms with E-state index in [0.717, 1.165) is 18.7 Å². The molecule has 1 rings (SSSR count). The molecule has 0 fully saturated rings. The molecule has 0 aliphatic heterocycles. The van der Waals surface area contributed by atoms with Gasteiger partial charge in [-0.15, -0.1) is 0 Å². The fourth-order valence-corrected chi connectivity index (χ4v) is 1.74. The first-order chi connectivity index (χ1) is 8.34. The van der Waals surface area contributed by atoms with Crippen LogP contribution in [0.2, 0.25) is 5.02 Å². The van der Waals surface area contributed by atoms with E-state index in [9.17, 15) is 0 Å². The second-order valence-electron chi connectivity index (χ2n) is 5.82. The summed E-state index contributed by atoms with van der Waals surface area (Å²) in [6, 6.07) is 7.51. The van der Waals surface area contributed by atoms with E-state index >= 15 is 0 Å². The van der Waals surface area contributed by atoms with E-state index in [2.05, 4.69) is 39.1 Å². The molecule has 1 N–H and O–H groups in total. The van der Waals surface area contributed by atoms with Gasteiger partial charge < -0.3 is 5.32 Å². The Bertz CT molecular complexity index is 441. The minimum Gasteiger partial charge on any atom is -0.312 e. The van der Waals surface area contributed by atoms with Gasteiger partial charge in [0.1, 0.15) is 0 Å². The Morgan fingerprint density at radius 2 is 2.06 bits per heavy atom. The summed E-state index contributed by atoms with van der Waals surface area (Å²) in [6.45, 7) is 10.7. The lowest BCUT2D eigenvalue weighted by atomic mass is 9.82. The zero-order valence-electron chi connectivity index (χ0n) is 11.5. The first kappa shape index (κ1) is 15.0. The Labute approximate surface area is 115 Å². The van der Waals surface area contributed by atoms with Gasteiger partial charge >= 0.3 is 0 Å². The van der Waals surface area contributed by atoms with Crippen molar-refractivity contribution in [3.63, 3.8) is 0 Å². The largest absolute Gasteiger partial charge is 0.312 e. The maximum Gasteiger partial charge on any atom is 0.0992 e. The predicted octanol–water partition coefficient (Wildman–Crippen LogP) is 3.98. The molecule has 0 heterocycles. The SMILES string of the molecule is CC(CNCc1ccc(C#N)cc1Cl)C(C)(C)C. The predicted molar refractivity (Wildman–Crippen MR) is 76.5 cm³/mol. The average Bonchev–Trinajstić information content (AvgIpc) is 2.29. The fourth-order valence-electron chi connectivity index (χ4n) is 1.49. The Morgan fingerprint density at radius 3 is 2.56 bits per heavy atom. The third-order valence-corrected chi connectivity index (χ3v) is 3.78. The summed E-state index contributed by atoms with van der Waals surface area (Å²) in [5.74, 6) is 0.592. The van der Waals surface area contributed by atoms with Crippen LogP contribution in [-0.2, 0) is 6.54 Å². The van der Waals surface area contributed by atoms with E-state index in [1.165, 1.54) is 0 Å². The zero-order valence-corrected chi connectivity index (χ0v) is 12.3. The Balaban J connectivity index is 2.53. The fraction of sp³-hybridized carbons (Fsp3) is 0.533. The first-order valence-corrected chi connectivity index (χ1v) is 6.61. The molecule has 0 saturated carbocycles. The van der Waals surface area contributed by atoms with Crippen molar-refractivity contribution in [1.82, 2.24) is 5.32 Å². The molecule has 2 nitrogen and oxygen atoms in total. The maximum absolute atomic E-state index is 8.77. The molecule has 1 aromatic rings. The first-order valence-electron chi connectivity index (χ1n) is 6.24. The molecule has 0 bridgehead atoms. The van der Waals surface area contributed by atoms with Crippen LogP contribution in [-0.4, -0.2) is 6.54 Å². The summed E-state index contributed by atoms with van der Waals surface area (Å²) in [5, 5.41) is 12.8. The van der Waals surface area contributed by atoms with Crippen LogP contribution in [0.3, 0.4) is 0 Å². The van der Waals surface area contributed by atoms with Crippen LogP contribution in [0.4, 0.5) is 0 Å². The molecule has 1 aromatic carbocycles. The lowest BCUT2D eigenvalue weighted by molar-refractivity contribution is 0.252. The lowest BCUT2D eigenvalue weighted by Crippen LogP contribution is -2.29. The maximum atomic E-state index is 8.77. The van der Waals surface area contributed by atoms with Gasteiger partial charge in [-0.25, -0.2) is 0 Å². The van der Waals surface area contributed by atoms with E-state index in [1.807, 2.05) is 6.07 Å². The molecule has 0 radical (unpaired) electrons. The Hall–Kier alpha value is -1.04. The Morgan fingerprint density at radius 1 is 1.39 bits per heavy atom. The second kappa shape index (κ2) is 6.22. The highest BCUT2D eigenvalue weighted by atomic mass is 35.5. The molecule has 0 amide bonds. The van der Waals surface area contributed by atoms with Crippen LogP contribution in [0.15, 0.2) is 18.2 Å². The van der Waals surface area contributed by atoms with Crippen molar-refractivity contribution in [2.75, 3.05) is 6.54 Å². The zero-order chi connectivity index (χ0) is 13.8. The van der Waals surface area contributed by atoms with Gasteiger partial charge in [0.2, 0.25) is 0 Å². The average molecular weight is 265 g/mol. The number of rotatable bonds is 4. The van der Waals surface area contributed by atoms with Gasteiger partial charge in [-0.1, -0.05) is 45.4 Å². The number of hydrogen-bond donors (Lipinski definition) is 1. The molecule has 18 heavy (non-hydrogen) atoms. The van der Waals surface area contributed by atoms with Gasteiger partial charge in [0, 0.05) is 11.6 Å². The summed E-state index contributed by atoms with van der Waals surface area (Å²) in [4.78, 5) is 0. The minimum atomic E-state index is 0.307. The molecule has 0 aromatic heterocycles. The van der Waals surface area contributed by atoms with Crippen LogP contribution in [0, 0.1) is 22.7 Å². The van der Waals surface area contributed by atoms with Crippen LogP contribution in [0.25, 0.3) is 0 Å². The van der Waals surface area contributed by atoms with Gasteiger partial charge in [0.15, 0.2) is 0 Å². The van der Waals surface area contributed by atoms with Gasteiger partial charge in [-0.3, -0.25) is 0 Å². The summed E-state index contributed by atoms with van der Waals surface area (Å²) >= 11 is 6.12. The van der Waals surface area contributed by atoms with Crippen molar-refractivity contribution in [2.24, 2.45) is 11.3 Å². The smallest absolute Gasteiger partial charge is 0.0992 e. The molecular weight excluding hydrogens is 244 g/mol. The van der Waals surface area contributed by atoms with Crippen LogP contribution in [0.5, 0.6) is 0 Å². The third kappa shape index (κ3) is 4.33. The van der Waals surface area contributed by atoms with E-state index in [0.29, 0.717) is 21.9 Å². The third-order valence-electron chi connectivity index (χ3n) is 3.43. The molecule has 0 aliphatic carbocycles. The van der Waals surface area contributed by atoms with Gasteiger partial charge in [0.05, 0.1) is 11.6 Å². The summed E-state index contributed by atoms with van der Waals surface area (Å²) in [7, 11) is 0. The topological polar surface area (TPSA) is 35.8 Å². The van der Waals surface area contributed by atoms with E-state index < -0.39 is 0 Å². The van der Waals surface area contributed by atoms with Gasteiger partial charge in [0.25, 0.3) is 0 Å². The molecule has 0 spiro atoms. The number of hydrogen-bond acceptors (Lipinski definition) is 2. The monoisotopic (exact) mass is 264 g/mol. The van der Waals surface area contributed by atoms with Crippen molar-refractivity contribution in [2.45, 2.75) is 34.2 Å². The highest BCUT2D eigenvalue weighted by molar-refractivity contribution is 6.31. The van der Waals surface area contributed by atoms with Crippen molar-refractivity contribution < 1.29 is 0 Å².